The highest BCUT2D eigenvalue weighted by atomic mass is 32.1. The van der Waals surface area contributed by atoms with Gasteiger partial charge >= 0.3 is 6.09 Å². The average Bonchev–Trinajstić information content (AvgIpc) is 3.06. The van der Waals surface area contributed by atoms with Crippen LogP contribution >= 0.6 is 11.3 Å². The Morgan fingerprint density at radius 1 is 1.19 bits per heavy atom. The van der Waals surface area contributed by atoms with E-state index in [4.69, 9.17) is 15.7 Å². The Bertz CT molecular complexity index is 992. The van der Waals surface area contributed by atoms with Gasteiger partial charge in [-0.15, -0.1) is 0 Å². The molecule has 7 nitrogen and oxygen atoms in total. The van der Waals surface area contributed by atoms with Crippen molar-refractivity contribution in [2.45, 2.75) is 56.8 Å². The summed E-state index contributed by atoms with van der Waals surface area (Å²) in [4.78, 5) is 28.3. The fourth-order valence-corrected chi connectivity index (χ4v) is 8.19. The van der Waals surface area contributed by atoms with Gasteiger partial charge in [0, 0.05) is 4.88 Å². The van der Waals surface area contributed by atoms with Gasteiger partial charge in [-0.2, -0.15) is 0 Å². The third kappa shape index (κ3) is 3.83. The summed E-state index contributed by atoms with van der Waals surface area (Å²) in [6.07, 6.45) is 7.17. The first-order valence-electron chi connectivity index (χ1n) is 10.8. The minimum Gasteiger partial charge on any atom is -0.381 e. The topological polar surface area (TPSA) is 115 Å². The van der Waals surface area contributed by atoms with Gasteiger partial charge in [0.05, 0.1) is 12.1 Å². The quantitative estimate of drug-likeness (QED) is 0.467. The van der Waals surface area contributed by atoms with Crippen LogP contribution < -0.4 is 16.0 Å². The van der Waals surface area contributed by atoms with E-state index in [0.717, 1.165) is 29.6 Å². The number of nitrogens with zero attached hydrogens (tertiary/aromatic N) is 1. The molecule has 2 atom stereocenters. The SMILES string of the molecule is NC(=O)Oc1nc(CC(=O)NO)c(CC23CC4CC(C2)CC(c2ccccc2)(C4)C3)s1. The van der Waals surface area contributed by atoms with Crippen LogP contribution in [0.4, 0.5) is 4.79 Å². The first-order valence-corrected chi connectivity index (χ1v) is 11.6. The molecule has 2 aromatic rings. The van der Waals surface area contributed by atoms with E-state index in [1.807, 2.05) is 0 Å². The van der Waals surface area contributed by atoms with Gasteiger partial charge in [0.2, 0.25) is 5.91 Å². The molecule has 2 unspecified atom stereocenters. The number of carbonyl (C=O) groups excluding carboxylic acids is 2. The number of amides is 2. The minimum atomic E-state index is -0.920. The van der Waals surface area contributed by atoms with Crippen molar-refractivity contribution in [3.8, 4) is 5.19 Å². The number of hydrogen-bond acceptors (Lipinski definition) is 6. The van der Waals surface area contributed by atoms with Crippen molar-refractivity contribution in [3.63, 3.8) is 0 Å². The summed E-state index contributed by atoms with van der Waals surface area (Å²) in [7, 11) is 0. The maximum atomic E-state index is 11.8. The molecule has 0 spiro atoms. The van der Waals surface area contributed by atoms with Gasteiger partial charge in [0.15, 0.2) is 0 Å². The van der Waals surface area contributed by atoms with E-state index in [1.54, 1.807) is 5.48 Å². The first-order chi connectivity index (χ1) is 14.9. The van der Waals surface area contributed by atoms with Crippen LogP contribution in [-0.2, 0) is 23.1 Å². The molecule has 1 aromatic carbocycles. The standard InChI is InChI=1S/C23H27N3O4S/c24-20(28)30-21-25-17(7-19(27)26-29)18(31-21)12-22-8-14-6-15(9-22)11-23(10-14,13-22)16-4-2-1-3-5-16/h1-5,14-15,29H,6-13H2,(H2,24,28)(H,26,27). The van der Waals surface area contributed by atoms with Gasteiger partial charge in [-0.1, -0.05) is 41.7 Å². The highest BCUT2D eigenvalue weighted by molar-refractivity contribution is 7.13. The van der Waals surface area contributed by atoms with E-state index in [2.05, 4.69) is 35.3 Å². The maximum Gasteiger partial charge on any atom is 0.411 e. The number of rotatable bonds is 6. The van der Waals surface area contributed by atoms with Crippen molar-refractivity contribution >= 4 is 23.3 Å². The lowest BCUT2D eigenvalue weighted by Crippen LogP contribution is -2.54. The number of thiazole rings is 1. The van der Waals surface area contributed by atoms with Crippen LogP contribution in [0, 0.1) is 17.3 Å². The molecule has 31 heavy (non-hydrogen) atoms. The first kappa shape index (κ1) is 20.5. The molecule has 4 bridgehead atoms. The minimum absolute atomic E-state index is 0.0583. The third-order valence-corrected chi connectivity index (χ3v) is 8.48. The van der Waals surface area contributed by atoms with Crippen LogP contribution in [0.15, 0.2) is 30.3 Å². The van der Waals surface area contributed by atoms with Crippen LogP contribution in [0.2, 0.25) is 0 Å². The predicted octanol–water partition coefficient (Wildman–Crippen LogP) is 3.73. The van der Waals surface area contributed by atoms with Crippen molar-refractivity contribution in [2.75, 3.05) is 0 Å². The maximum absolute atomic E-state index is 11.8. The normalized spacial score (nSPS) is 30.9. The van der Waals surface area contributed by atoms with Gasteiger partial charge in [0.1, 0.15) is 0 Å². The molecule has 4 aliphatic carbocycles. The summed E-state index contributed by atoms with van der Waals surface area (Å²) < 4.78 is 5.01. The summed E-state index contributed by atoms with van der Waals surface area (Å²) in [5, 5.41) is 9.13. The molecule has 8 heteroatoms. The lowest BCUT2D eigenvalue weighted by molar-refractivity contribution is -0.128. The fraction of sp³-hybridized carbons (Fsp3) is 0.522. The second kappa shape index (κ2) is 7.60. The number of nitrogens with one attached hydrogen (secondary N) is 1. The lowest BCUT2D eigenvalue weighted by atomic mass is 9.42. The Morgan fingerprint density at radius 2 is 1.90 bits per heavy atom. The van der Waals surface area contributed by atoms with Gasteiger partial charge in [0.25, 0.3) is 5.19 Å². The molecule has 4 N–H and O–H groups in total. The fourth-order valence-electron chi connectivity index (χ4n) is 7.09. The van der Waals surface area contributed by atoms with Crippen molar-refractivity contribution in [1.82, 2.24) is 10.5 Å². The Kier molecular flexibility index (Phi) is 5.01. The van der Waals surface area contributed by atoms with E-state index in [1.165, 1.54) is 49.0 Å². The average molecular weight is 442 g/mol. The zero-order valence-corrected chi connectivity index (χ0v) is 18.1. The Hall–Kier alpha value is -2.45. The highest BCUT2D eigenvalue weighted by Crippen LogP contribution is 2.66. The molecule has 1 heterocycles. The molecular formula is C23H27N3O4S. The number of benzene rings is 1. The monoisotopic (exact) mass is 441 g/mol. The van der Waals surface area contributed by atoms with Crippen LogP contribution in [0.3, 0.4) is 0 Å². The van der Waals surface area contributed by atoms with Crippen LogP contribution in [0.5, 0.6) is 5.19 Å². The molecule has 0 saturated heterocycles. The van der Waals surface area contributed by atoms with Gasteiger partial charge in [-0.3, -0.25) is 10.0 Å². The zero-order chi connectivity index (χ0) is 21.6. The summed E-state index contributed by atoms with van der Waals surface area (Å²) >= 11 is 1.29. The van der Waals surface area contributed by atoms with E-state index in [9.17, 15) is 9.59 Å². The smallest absolute Gasteiger partial charge is 0.381 e. The molecule has 164 valence electrons. The van der Waals surface area contributed by atoms with Crippen molar-refractivity contribution in [3.05, 3.63) is 46.5 Å². The van der Waals surface area contributed by atoms with Crippen molar-refractivity contribution < 1.29 is 19.5 Å². The van der Waals surface area contributed by atoms with Gasteiger partial charge in [-0.25, -0.2) is 15.3 Å². The molecular weight excluding hydrogens is 414 g/mol. The molecule has 1 aromatic heterocycles. The predicted molar refractivity (Wildman–Crippen MR) is 115 cm³/mol. The summed E-state index contributed by atoms with van der Waals surface area (Å²) in [6, 6.07) is 10.9. The Labute approximate surface area is 185 Å². The number of ether oxygens (including phenoxy) is 1. The van der Waals surface area contributed by atoms with Crippen LogP contribution in [-0.4, -0.2) is 22.2 Å². The molecule has 6 rings (SSSR count). The number of aromatic nitrogens is 1. The van der Waals surface area contributed by atoms with Crippen LogP contribution in [0.1, 0.15) is 54.7 Å². The van der Waals surface area contributed by atoms with E-state index in [0.29, 0.717) is 5.69 Å². The summed E-state index contributed by atoms with van der Waals surface area (Å²) in [6.45, 7) is 0. The Balaban J connectivity index is 1.47. The lowest BCUT2D eigenvalue weighted by Gasteiger charge is -2.62. The summed E-state index contributed by atoms with van der Waals surface area (Å²) in [5.74, 6) is 0.906. The van der Waals surface area contributed by atoms with E-state index < -0.39 is 12.0 Å². The largest absolute Gasteiger partial charge is 0.411 e. The zero-order valence-electron chi connectivity index (χ0n) is 17.3. The molecule has 4 saturated carbocycles. The molecule has 0 aliphatic heterocycles. The second-order valence-corrected chi connectivity index (χ2v) is 10.8. The van der Waals surface area contributed by atoms with Crippen molar-refractivity contribution in [1.29, 1.82) is 0 Å². The van der Waals surface area contributed by atoms with Crippen LogP contribution in [0.25, 0.3) is 0 Å². The number of carbonyl (C=O) groups is 2. The number of hydroxylamine groups is 1. The number of hydrogen-bond donors (Lipinski definition) is 3. The highest BCUT2D eigenvalue weighted by Gasteiger charge is 2.58. The molecule has 4 aliphatic rings. The van der Waals surface area contributed by atoms with Gasteiger partial charge in [-0.05, 0) is 73.2 Å². The number of primary amides is 1. The summed E-state index contributed by atoms with van der Waals surface area (Å²) in [5.41, 5.74) is 9.23. The van der Waals surface area contributed by atoms with E-state index in [-0.39, 0.29) is 22.4 Å². The third-order valence-electron chi connectivity index (χ3n) is 7.50. The second-order valence-electron chi connectivity index (χ2n) is 9.77. The van der Waals surface area contributed by atoms with Crippen molar-refractivity contribution in [2.24, 2.45) is 23.0 Å². The Morgan fingerprint density at radius 3 is 2.55 bits per heavy atom. The molecule has 0 radical (unpaired) electrons. The molecule has 2 amide bonds. The number of nitrogens with two attached hydrogens (primary N) is 1. The molecule has 4 fully saturated rings. The van der Waals surface area contributed by atoms with Gasteiger partial charge < -0.3 is 10.5 Å². The van der Waals surface area contributed by atoms with E-state index >= 15 is 0 Å².